The number of hydrogen-bond donors (Lipinski definition) is 0. The highest BCUT2D eigenvalue weighted by Gasteiger charge is 2.38. The Kier molecular flexibility index (Phi) is 4.10. The third-order valence-corrected chi connectivity index (χ3v) is 5.09. The van der Waals surface area contributed by atoms with Crippen molar-refractivity contribution in [2.75, 3.05) is 14.2 Å². The summed E-state index contributed by atoms with van der Waals surface area (Å²) in [6.45, 7) is 0. The van der Waals surface area contributed by atoms with E-state index in [9.17, 15) is 0 Å². The van der Waals surface area contributed by atoms with Gasteiger partial charge in [-0.25, -0.2) is 0 Å². The first-order valence-corrected chi connectivity index (χ1v) is 7.86. The maximum Gasteiger partial charge on any atom is 0.119 e. The van der Waals surface area contributed by atoms with E-state index in [4.69, 9.17) is 21.1 Å². The van der Waals surface area contributed by atoms with Crippen LogP contribution in [0.3, 0.4) is 0 Å². The predicted octanol–water partition coefficient (Wildman–Crippen LogP) is 5.09. The van der Waals surface area contributed by atoms with Crippen LogP contribution in [-0.2, 0) is 4.74 Å². The Morgan fingerprint density at radius 1 is 1.10 bits per heavy atom. The SMILES string of the molecule is COc1ccc2cc(C(Cl)CC3(OC)CCC3)ccc2c1. The van der Waals surface area contributed by atoms with Gasteiger partial charge >= 0.3 is 0 Å². The third-order valence-electron chi connectivity index (χ3n) is 4.68. The second-order valence-electron chi connectivity index (χ2n) is 5.88. The summed E-state index contributed by atoms with van der Waals surface area (Å²) < 4.78 is 10.9. The van der Waals surface area contributed by atoms with Crippen LogP contribution >= 0.6 is 11.6 Å². The van der Waals surface area contributed by atoms with Crippen LogP contribution in [0.2, 0.25) is 0 Å². The predicted molar refractivity (Wildman–Crippen MR) is 87.3 cm³/mol. The molecule has 2 aromatic carbocycles. The number of ether oxygens (including phenoxy) is 2. The number of methoxy groups -OCH3 is 2. The fourth-order valence-corrected chi connectivity index (χ4v) is 3.49. The van der Waals surface area contributed by atoms with Crippen LogP contribution in [0.1, 0.15) is 36.6 Å². The van der Waals surface area contributed by atoms with Gasteiger partial charge in [0, 0.05) is 7.11 Å². The van der Waals surface area contributed by atoms with Crippen molar-refractivity contribution in [3.63, 3.8) is 0 Å². The zero-order valence-corrected chi connectivity index (χ0v) is 13.3. The topological polar surface area (TPSA) is 18.5 Å². The molecular weight excluding hydrogens is 284 g/mol. The molecule has 0 heterocycles. The average Bonchev–Trinajstić information content (AvgIpc) is 2.49. The molecular formula is C18H21ClO2. The minimum atomic E-state index is -0.00301. The molecule has 1 atom stereocenters. The normalized spacial score (nSPS) is 18.2. The molecule has 0 aromatic heterocycles. The first-order valence-electron chi connectivity index (χ1n) is 7.43. The first-order chi connectivity index (χ1) is 10.2. The molecule has 0 amide bonds. The molecule has 1 aliphatic carbocycles. The summed E-state index contributed by atoms with van der Waals surface area (Å²) in [6, 6.07) is 12.5. The second kappa shape index (κ2) is 5.86. The van der Waals surface area contributed by atoms with Crippen LogP contribution in [0.5, 0.6) is 5.75 Å². The Hall–Kier alpha value is -1.25. The summed E-state index contributed by atoms with van der Waals surface area (Å²) in [6.07, 6.45) is 4.37. The number of benzene rings is 2. The van der Waals surface area contributed by atoms with Crippen molar-refractivity contribution in [2.45, 2.75) is 36.7 Å². The highest BCUT2D eigenvalue weighted by Crippen LogP contribution is 2.44. The summed E-state index contributed by atoms with van der Waals surface area (Å²) in [7, 11) is 3.49. The largest absolute Gasteiger partial charge is 0.497 e. The summed E-state index contributed by atoms with van der Waals surface area (Å²) in [5.74, 6) is 0.880. The van der Waals surface area contributed by atoms with Gasteiger partial charge in [0.25, 0.3) is 0 Å². The van der Waals surface area contributed by atoms with E-state index < -0.39 is 0 Å². The van der Waals surface area contributed by atoms with Gasteiger partial charge in [-0.05, 0) is 60.2 Å². The van der Waals surface area contributed by atoms with Gasteiger partial charge in [0.2, 0.25) is 0 Å². The Morgan fingerprint density at radius 2 is 1.81 bits per heavy atom. The van der Waals surface area contributed by atoms with E-state index in [1.54, 1.807) is 14.2 Å². The van der Waals surface area contributed by atoms with E-state index >= 15 is 0 Å². The van der Waals surface area contributed by atoms with Crippen LogP contribution in [0.15, 0.2) is 36.4 Å². The lowest BCUT2D eigenvalue weighted by molar-refractivity contribution is -0.0780. The second-order valence-corrected chi connectivity index (χ2v) is 6.41. The van der Waals surface area contributed by atoms with Gasteiger partial charge in [-0.15, -0.1) is 11.6 Å². The van der Waals surface area contributed by atoms with Crippen LogP contribution in [0.25, 0.3) is 10.8 Å². The molecule has 1 fully saturated rings. The standard InChI is InChI=1S/C18H21ClO2/c1-20-16-7-6-13-10-15(5-4-14(13)11-16)17(19)12-18(21-2)8-3-9-18/h4-7,10-11,17H,3,8-9,12H2,1-2H3. The number of halogens is 1. The molecule has 0 spiro atoms. The summed E-state index contributed by atoms with van der Waals surface area (Å²) >= 11 is 6.64. The smallest absolute Gasteiger partial charge is 0.119 e. The number of fused-ring (bicyclic) bond motifs is 1. The molecule has 0 aliphatic heterocycles. The Morgan fingerprint density at radius 3 is 2.43 bits per heavy atom. The van der Waals surface area contributed by atoms with Crippen molar-refractivity contribution in [1.82, 2.24) is 0 Å². The first kappa shape index (κ1) is 14.7. The van der Waals surface area contributed by atoms with E-state index in [0.29, 0.717) is 0 Å². The molecule has 0 bridgehead atoms. The van der Waals surface area contributed by atoms with Gasteiger partial charge in [0.1, 0.15) is 5.75 Å². The molecule has 3 rings (SSSR count). The van der Waals surface area contributed by atoms with Crippen LogP contribution < -0.4 is 4.74 Å². The van der Waals surface area contributed by atoms with Crippen molar-refractivity contribution < 1.29 is 9.47 Å². The van der Waals surface area contributed by atoms with Crippen molar-refractivity contribution in [3.8, 4) is 5.75 Å². The Labute approximate surface area is 131 Å². The molecule has 0 radical (unpaired) electrons. The van der Waals surface area contributed by atoms with Crippen molar-refractivity contribution in [3.05, 3.63) is 42.0 Å². The maximum atomic E-state index is 6.64. The zero-order chi connectivity index (χ0) is 14.9. The van der Waals surface area contributed by atoms with Gasteiger partial charge in [0.15, 0.2) is 0 Å². The van der Waals surface area contributed by atoms with Crippen molar-refractivity contribution in [1.29, 1.82) is 0 Å². The molecule has 1 aliphatic rings. The van der Waals surface area contributed by atoms with E-state index in [2.05, 4.69) is 24.3 Å². The lowest BCUT2D eigenvalue weighted by atomic mass is 9.76. The highest BCUT2D eigenvalue weighted by atomic mass is 35.5. The quantitative estimate of drug-likeness (QED) is 0.717. The fraction of sp³-hybridized carbons (Fsp3) is 0.444. The molecule has 0 saturated heterocycles. The van der Waals surface area contributed by atoms with Gasteiger partial charge < -0.3 is 9.47 Å². The van der Waals surface area contributed by atoms with E-state index in [0.717, 1.165) is 30.6 Å². The molecule has 21 heavy (non-hydrogen) atoms. The van der Waals surface area contributed by atoms with Crippen molar-refractivity contribution in [2.24, 2.45) is 0 Å². The third kappa shape index (κ3) is 2.88. The number of alkyl halides is 1. The Balaban J connectivity index is 1.83. The minimum absolute atomic E-state index is 0.00127. The Bertz CT molecular complexity index is 629. The van der Waals surface area contributed by atoms with Gasteiger partial charge in [-0.1, -0.05) is 18.2 Å². The van der Waals surface area contributed by atoms with Gasteiger partial charge in [0.05, 0.1) is 18.1 Å². The molecule has 1 unspecified atom stereocenters. The summed E-state index contributed by atoms with van der Waals surface area (Å²) in [4.78, 5) is 0. The van der Waals surface area contributed by atoms with Crippen LogP contribution in [0.4, 0.5) is 0 Å². The van der Waals surface area contributed by atoms with Crippen molar-refractivity contribution >= 4 is 22.4 Å². The lowest BCUT2D eigenvalue weighted by Crippen LogP contribution is -2.39. The number of hydrogen-bond acceptors (Lipinski definition) is 2. The molecule has 1 saturated carbocycles. The molecule has 3 heteroatoms. The number of rotatable bonds is 5. The highest BCUT2D eigenvalue weighted by molar-refractivity contribution is 6.21. The molecule has 112 valence electrons. The molecule has 0 N–H and O–H groups in total. The summed E-state index contributed by atoms with van der Waals surface area (Å²) in [5.41, 5.74) is 1.17. The minimum Gasteiger partial charge on any atom is -0.497 e. The molecule has 2 aromatic rings. The van der Waals surface area contributed by atoms with Gasteiger partial charge in [-0.2, -0.15) is 0 Å². The molecule has 2 nitrogen and oxygen atoms in total. The monoisotopic (exact) mass is 304 g/mol. The lowest BCUT2D eigenvalue weighted by Gasteiger charge is -2.41. The van der Waals surface area contributed by atoms with E-state index in [1.165, 1.54) is 17.2 Å². The fourth-order valence-electron chi connectivity index (χ4n) is 3.07. The zero-order valence-electron chi connectivity index (χ0n) is 12.6. The van der Waals surface area contributed by atoms with E-state index in [1.807, 2.05) is 12.1 Å². The van der Waals surface area contributed by atoms with Gasteiger partial charge in [-0.3, -0.25) is 0 Å². The van der Waals surface area contributed by atoms with Crippen LogP contribution in [0, 0.1) is 0 Å². The van der Waals surface area contributed by atoms with Crippen LogP contribution in [-0.4, -0.2) is 19.8 Å². The maximum absolute atomic E-state index is 6.64. The summed E-state index contributed by atoms with van der Waals surface area (Å²) in [5, 5.41) is 2.36. The van der Waals surface area contributed by atoms with E-state index in [-0.39, 0.29) is 11.0 Å². The average molecular weight is 305 g/mol.